The van der Waals surface area contributed by atoms with Crippen LogP contribution in [0, 0.1) is 0 Å². The molecule has 0 saturated carbocycles. The summed E-state index contributed by atoms with van der Waals surface area (Å²) in [6, 6.07) is 6.27. The molecule has 1 aromatic rings. The molecule has 6 heteroatoms. The maximum Gasteiger partial charge on any atom is 0.221 e. The zero-order valence-corrected chi connectivity index (χ0v) is 13.3. The van der Waals surface area contributed by atoms with E-state index < -0.39 is 9.84 Å². The molecule has 19 heavy (non-hydrogen) atoms. The highest BCUT2D eigenvalue weighted by Gasteiger charge is 2.13. The summed E-state index contributed by atoms with van der Waals surface area (Å²) >= 11 is 3.32. The Morgan fingerprint density at radius 2 is 1.79 bits per heavy atom. The highest BCUT2D eigenvalue weighted by Crippen LogP contribution is 2.17. The van der Waals surface area contributed by atoms with Gasteiger partial charge in [-0.25, -0.2) is 8.42 Å². The van der Waals surface area contributed by atoms with Gasteiger partial charge in [0, 0.05) is 17.9 Å². The standard InChI is InChI=1S/C13H18BrNO3S/c1-11(16)15-12-5-7-13(8-6-12)19(17,18)10-4-2-3-9-14/h5-8H,2-4,9-10H2,1H3,(H,15,16). The number of anilines is 1. The lowest BCUT2D eigenvalue weighted by Gasteiger charge is -2.06. The molecule has 1 aromatic carbocycles. The molecule has 0 unspecified atom stereocenters. The third-order valence-corrected chi connectivity index (χ3v) is 4.96. The van der Waals surface area contributed by atoms with Crippen LogP contribution >= 0.6 is 15.9 Å². The number of alkyl halides is 1. The van der Waals surface area contributed by atoms with E-state index in [1.54, 1.807) is 12.1 Å². The van der Waals surface area contributed by atoms with Gasteiger partial charge in [0.2, 0.25) is 5.91 Å². The second-order valence-corrected chi connectivity index (χ2v) is 7.18. The van der Waals surface area contributed by atoms with Gasteiger partial charge in [0.05, 0.1) is 10.6 Å². The Kier molecular flexibility index (Phi) is 6.51. The summed E-state index contributed by atoms with van der Waals surface area (Å²) in [5.74, 6) is -0.00942. The van der Waals surface area contributed by atoms with E-state index in [1.165, 1.54) is 19.1 Å². The predicted molar refractivity (Wildman–Crippen MR) is 80.4 cm³/mol. The molecule has 0 radical (unpaired) electrons. The Morgan fingerprint density at radius 3 is 2.32 bits per heavy atom. The van der Waals surface area contributed by atoms with Gasteiger partial charge < -0.3 is 5.32 Å². The molecule has 1 rings (SSSR count). The van der Waals surface area contributed by atoms with Crippen molar-refractivity contribution < 1.29 is 13.2 Å². The van der Waals surface area contributed by atoms with Gasteiger partial charge in [0.15, 0.2) is 9.84 Å². The summed E-state index contributed by atoms with van der Waals surface area (Å²) < 4.78 is 24.1. The number of nitrogens with one attached hydrogen (secondary N) is 1. The predicted octanol–water partition coefficient (Wildman–Crippen LogP) is 2.98. The monoisotopic (exact) mass is 347 g/mol. The second kappa shape index (κ2) is 7.65. The average molecular weight is 348 g/mol. The molecule has 0 heterocycles. The van der Waals surface area contributed by atoms with E-state index >= 15 is 0 Å². The number of rotatable bonds is 7. The van der Waals surface area contributed by atoms with Crippen molar-refractivity contribution in [2.45, 2.75) is 31.1 Å². The van der Waals surface area contributed by atoms with Crippen LogP contribution in [0.15, 0.2) is 29.2 Å². The Bertz CT molecular complexity index is 511. The fourth-order valence-corrected chi connectivity index (χ4v) is 3.40. The minimum absolute atomic E-state index is 0.166. The number of benzene rings is 1. The normalized spacial score (nSPS) is 11.3. The highest BCUT2D eigenvalue weighted by atomic mass is 79.9. The molecule has 0 saturated heterocycles. The number of carbonyl (C=O) groups is 1. The molecule has 0 aromatic heterocycles. The lowest BCUT2D eigenvalue weighted by Crippen LogP contribution is -2.08. The van der Waals surface area contributed by atoms with Gasteiger partial charge in [-0.15, -0.1) is 0 Å². The molecule has 0 aliphatic carbocycles. The minimum atomic E-state index is -3.21. The van der Waals surface area contributed by atoms with Crippen LogP contribution in [-0.2, 0) is 14.6 Å². The fourth-order valence-electron chi connectivity index (χ4n) is 1.63. The number of amides is 1. The number of halogens is 1. The van der Waals surface area contributed by atoms with Gasteiger partial charge in [-0.05, 0) is 37.1 Å². The first-order valence-corrected chi connectivity index (χ1v) is 8.89. The van der Waals surface area contributed by atoms with E-state index in [0.29, 0.717) is 17.0 Å². The quantitative estimate of drug-likeness (QED) is 0.609. The van der Waals surface area contributed by atoms with Crippen molar-refractivity contribution in [2.24, 2.45) is 0 Å². The van der Waals surface area contributed by atoms with Gasteiger partial charge >= 0.3 is 0 Å². The van der Waals surface area contributed by atoms with Crippen LogP contribution in [0.3, 0.4) is 0 Å². The molecule has 0 atom stereocenters. The van der Waals surface area contributed by atoms with Gasteiger partial charge in [0.25, 0.3) is 0 Å². The number of unbranched alkanes of at least 4 members (excludes halogenated alkanes) is 2. The summed E-state index contributed by atoms with van der Waals surface area (Å²) in [4.78, 5) is 11.2. The van der Waals surface area contributed by atoms with Crippen molar-refractivity contribution >= 4 is 37.4 Å². The number of sulfone groups is 1. The summed E-state index contributed by atoms with van der Waals surface area (Å²) in [6.07, 6.45) is 2.55. The van der Waals surface area contributed by atoms with Gasteiger partial charge in [-0.3, -0.25) is 4.79 Å². The number of hydrogen-bond acceptors (Lipinski definition) is 3. The van der Waals surface area contributed by atoms with Gasteiger partial charge in [0.1, 0.15) is 0 Å². The SMILES string of the molecule is CC(=O)Nc1ccc(S(=O)(=O)CCCCCBr)cc1. The molecule has 0 aliphatic heterocycles. The second-order valence-electron chi connectivity index (χ2n) is 4.27. The topological polar surface area (TPSA) is 63.2 Å². The smallest absolute Gasteiger partial charge is 0.221 e. The van der Waals surface area contributed by atoms with Crippen LogP contribution in [0.1, 0.15) is 26.2 Å². The zero-order chi connectivity index (χ0) is 14.3. The van der Waals surface area contributed by atoms with Crippen molar-refractivity contribution in [2.75, 3.05) is 16.4 Å². The first-order valence-electron chi connectivity index (χ1n) is 6.12. The van der Waals surface area contributed by atoms with E-state index in [9.17, 15) is 13.2 Å². The number of carbonyl (C=O) groups excluding carboxylic acids is 1. The molecular formula is C13H18BrNO3S. The summed E-state index contributed by atoms with van der Waals surface area (Å²) in [6.45, 7) is 1.41. The third-order valence-electron chi connectivity index (χ3n) is 2.58. The molecule has 0 spiro atoms. The summed E-state index contributed by atoms with van der Waals surface area (Å²) in [5, 5.41) is 3.51. The molecule has 1 amide bonds. The first kappa shape index (κ1) is 16.2. The van der Waals surface area contributed by atoms with E-state index in [0.717, 1.165) is 18.2 Å². The average Bonchev–Trinajstić information content (AvgIpc) is 2.35. The minimum Gasteiger partial charge on any atom is -0.326 e. The molecule has 106 valence electrons. The number of hydrogen-bond donors (Lipinski definition) is 1. The highest BCUT2D eigenvalue weighted by molar-refractivity contribution is 9.09. The Morgan fingerprint density at radius 1 is 1.16 bits per heavy atom. The molecular weight excluding hydrogens is 330 g/mol. The molecule has 0 aliphatic rings. The zero-order valence-electron chi connectivity index (χ0n) is 10.9. The van der Waals surface area contributed by atoms with E-state index in [4.69, 9.17) is 0 Å². The van der Waals surface area contributed by atoms with Crippen LogP contribution in [-0.4, -0.2) is 25.4 Å². The maximum absolute atomic E-state index is 12.0. The van der Waals surface area contributed by atoms with Gasteiger partial charge in [-0.1, -0.05) is 22.4 Å². The Hall–Kier alpha value is -0.880. The Balaban J connectivity index is 2.65. The third kappa shape index (κ3) is 5.74. The molecule has 1 N–H and O–H groups in total. The van der Waals surface area contributed by atoms with Crippen molar-refractivity contribution in [3.8, 4) is 0 Å². The van der Waals surface area contributed by atoms with Crippen LogP contribution in [0.4, 0.5) is 5.69 Å². The van der Waals surface area contributed by atoms with Crippen LogP contribution in [0.5, 0.6) is 0 Å². The van der Waals surface area contributed by atoms with Crippen LogP contribution < -0.4 is 5.32 Å². The van der Waals surface area contributed by atoms with Crippen molar-refractivity contribution in [3.05, 3.63) is 24.3 Å². The van der Waals surface area contributed by atoms with E-state index in [-0.39, 0.29) is 11.7 Å². The van der Waals surface area contributed by atoms with E-state index in [1.807, 2.05) is 0 Å². The van der Waals surface area contributed by atoms with Crippen LogP contribution in [0.25, 0.3) is 0 Å². The molecule has 0 bridgehead atoms. The lowest BCUT2D eigenvalue weighted by molar-refractivity contribution is -0.114. The summed E-state index contributed by atoms with van der Waals surface area (Å²) in [5.41, 5.74) is 0.603. The van der Waals surface area contributed by atoms with Crippen molar-refractivity contribution in [3.63, 3.8) is 0 Å². The molecule has 4 nitrogen and oxygen atoms in total. The van der Waals surface area contributed by atoms with Crippen molar-refractivity contribution in [1.82, 2.24) is 0 Å². The van der Waals surface area contributed by atoms with E-state index in [2.05, 4.69) is 21.2 Å². The van der Waals surface area contributed by atoms with Crippen LogP contribution in [0.2, 0.25) is 0 Å². The van der Waals surface area contributed by atoms with Gasteiger partial charge in [-0.2, -0.15) is 0 Å². The maximum atomic E-state index is 12.0. The molecule has 0 fully saturated rings. The fraction of sp³-hybridized carbons (Fsp3) is 0.462. The first-order chi connectivity index (χ1) is 8.95. The largest absolute Gasteiger partial charge is 0.326 e. The Labute approximate surface area is 122 Å². The van der Waals surface area contributed by atoms with Crippen molar-refractivity contribution in [1.29, 1.82) is 0 Å². The lowest BCUT2D eigenvalue weighted by atomic mass is 10.3. The summed E-state index contributed by atoms with van der Waals surface area (Å²) in [7, 11) is -3.21.